The molecule has 0 aromatic heterocycles. The molecule has 5 heteroatoms. The van der Waals surface area contributed by atoms with Gasteiger partial charge in [0.25, 0.3) is 5.91 Å². The van der Waals surface area contributed by atoms with Gasteiger partial charge in [0.1, 0.15) is 5.75 Å². The quantitative estimate of drug-likeness (QED) is 0.912. The van der Waals surface area contributed by atoms with E-state index in [0.717, 1.165) is 37.4 Å². The number of amides is 1. The van der Waals surface area contributed by atoms with Crippen LogP contribution in [0.3, 0.4) is 0 Å². The van der Waals surface area contributed by atoms with Gasteiger partial charge in [-0.15, -0.1) is 0 Å². The second-order valence-corrected chi connectivity index (χ2v) is 6.36. The van der Waals surface area contributed by atoms with Gasteiger partial charge in [-0.1, -0.05) is 12.1 Å². The standard InChI is InChI=1S/C17H24N2O3/c1-12-4-3-5-16(6-12)22-11-17(20)18-14-7-15-10-21-13(2)8-19(15)9-14/h3-6,13-15H,7-11H2,1-2H3,(H,18,20)/t13-,14+,15+/m1/s1. The van der Waals surface area contributed by atoms with Crippen LogP contribution in [0.25, 0.3) is 0 Å². The maximum Gasteiger partial charge on any atom is 0.258 e. The summed E-state index contributed by atoms with van der Waals surface area (Å²) in [6.07, 6.45) is 1.25. The van der Waals surface area contributed by atoms with E-state index in [4.69, 9.17) is 9.47 Å². The summed E-state index contributed by atoms with van der Waals surface area (Å²) in [4.78, 5) is 14.5. The molecule has 2 saturated heterocycles. The maximum absolute atomic E-state index is 12.0. The lowest BCUT2D eigenvalue weighted by molar-refractivity contribution is -0.123. The first kappa shape index (κ1) is 15.3. The summed E-state index contributed by atoms with van der Waals surface area (Å²) in [7, 11) is 0. The minimum Gasteiger partial charge on any atom is -0.484 e. The number of hydrogen-bond donors (Lipinski definition) is 1. The number of carbonyl (C=O) groups excluding carboxylic acids is 1. The van der Waals surface area contributed by atoms with Gasteiger partial charge in [-0.3, -0.25) is 9.69 Å². The van der Waals surface area contributed by atoms with Crippen LogP contribution in [-0.4, -0.2) is 55.3 Å². The highest BCUT2D eigenvalue weighted by Gasteiger charge is 2.36. The zero-order valence-electron chi connectivity index (χ0n) is 13.2. The van der Waals surface area contributed by atoms with Gasteiger partial charge in [0.15, 0.2) is 6.61 Å². The first-order valence-corrected chi connectivity index (χ1v) is 7.94. The first-order chi connectivity index (χ1) is 10.6. The Labute approximate surface area is 131 Å². The Morgan fingerprint density at radius 1 is 1.45 bits per heavy atom. The van der Waals surface area contributed by atoms with Crippen LogP contribution in [0.15, 0.2) is 24.3 Å². The van der Waals surface area contributed by atoms with Crippen molar-refractivity contribution >= 4 is 5.91 Å². The molecule has 2 aliphatic heterocycles. The number of aryl methyl sites for hydroxylation is 1. The van der Waals surface area contributed by atoms with Gasteiger partial charge in [0.05, 0.1) is 12.7 Å². The van der Waals surface area contributed by atoms with Crippen molar-refractivity contribution in [1.82, 2.24) is 10.2 Å². The molecule has 3 atom stereocenters. The fraction of sp³-hybridized carbons (Fsp3) is 0.588. The molecule has 22 heavy (non-hydrogen) atoms. The number of rotatable bonds is 4. The monoisotopic (exact) mass is 304 g/mol. The number of nitrogens with one attached hydrogen (secondary N) is 1. The zero-order chi connectivity index (χ0) is 15.5. The number of ether oxygens (including phenoxy) is 2. The van der Waals surface area contributed by atoms with E-state index in [2.05, 4.69) is 17.1 Å². The van der Waals surface area contributed by atoms with Crippen molar-refractivity contribution in [3.8, 4) is 5.75 Å². The highest BCUT2D eigenvalue weighted by molar-refractivity contribution is 5.77. The van der Waals surface area contributed by atoms with Crippen LogP contribution in [0.4, 0.5) is 0 Å². The van der Waals surface area contributed by atoms with E-state index in [-0.39, 0.29) is 24.7 Å². The van der Waals surface area contributed by atoms with E-state index in [9.17, 15) is 4.79 Å². The molecule has 2 aliphatic rings. The summed E-state index contributed by atoms with van der Waals surface area (Å²) in [6, 6.07) is 8.38. The van der Waals surface area contributed by atoms with Crippen molar-refractivity contribution in [2.45, 2.75) is 38.5 Å². The summed E-state index contributed by atoms with van der Waals surface area (Å²) < 4.78 is 11.2. The summed E-state index contributed by atoms with van der Waals surface area (Å²) in [6.45, 7) is 6.80. The van der Waals surface area contributed by atoms with Gasteiger partial charge >= 0.3 is 0 Å². The molecule has 2 fully saturated rings. The van der Waals surface area contributed by atoms with Gasteiger partial charge in [-0.25, -0.2) is 0 Å². The molecule has 3 rings (SSSR count). The van der Waals surface area contributed by atoms with Crippen LogP contribution in [-0.2, 0) is 9.53 Å². The lowest BCUT2D eigenvalue weighted by Gasteiger charge is -2.33. The van der Waals surface area contributed by atoms with Crippen molar-refractivity contribution in [3.63, 3.8) is 0 Å². The predicted molar refractivity (Wildman–Crippen MR) is 84.0 cm³/mol. The molecule has 0 bridgehead atoms. The van der Waals surface area contributed by atoms with Gasteiger partial charge in [0.2, 0.25) is 0 Å². The third-order valence-corrected chi connectivity index (χ3v) is 4.32. The number of morpholine rings is 1. The Balaban J connectivity index is 1.44. The second-order valence-electron chi connectivity index (χ2n) is 6.36. The van der Waals surface area contributed by atoms with E-state index in [1.165, 1.54) is 0 Å². The summed E-state index contributed by atoms with van der Waals surface area (Å²) in [5.41, 5.74) is 1.12. The van der Waals surface area contributed by atoms with E-state index >= 15 is 0 Å². The Hall–Kier alpha value is -1.59. The minimum atomic E-state index is -0.0553. The third kappa shape index (κ3) is 3.78. The predicted octanol–water partition coefficient (Wildman–Crippen LogP) is 1.35. The van der Waals surface area contributed by atoms with Crippen molar-refractivity contribution in [1.29, 1.82) is 0 Å². The van der Waals surface area contributed by atoms with E-state index in [1.54, 1.807) is 0 Å². The summed E-state index contributed by atoms with van der Waals surface area (Å²) >= 11 is 0. The third-order valence-electron chi connectivity index (χ3n) is 4.32. The molecule has 0 aliphatic carbocycles. The average Bonchev–Trinajstić information content (AvgIpc) is 2.86. The van der Waals surface area contributed by atoms with Gasteiger partial charge in [0, 0.05) is 25.2 Å². The summed E-state index contributed by atoms with van der Waals surface area (Å²) in [5, 5.41) is 3.07. The number of fused-ring (bicyclic) bond motifs is 1. The Morgan fingerprint density at radius 2 is 2.32 bits per heavy atom. The van der Waals surface area contributed by atoms with Crippen LogP contribution in [0.2, 0.25) is 0 Å². The molecule has 1 aromatic carbocycles. The topological polar surface area (TPSA) is 50.8 Å². The van der Waals surface area contributed by atoms with E-state index in [1.807, 2.05) is 31.2 Å². The Bertz CT molecular complexity index is 534. The maximum atomic E-state index is 12.0. The minimum absolute atomic E-state index is 0.0553. The highest BCUT2D eigenvalue weighted by Crippen LogP contribution is 2.23. The average molecular weight is 304 g/mol. The lowest BCUT2D eigenvalue weighted by atomic mass is 10.1. The molecule has 0 saturated carbocycles. The number of carbonyl (C=O) groups is 1. The molecular formula is C17H24N2O3. The molecule has 5 nitrogen and oxygen atoms in total. The fourth-order valence-electron chi connectivity index (χ4n) is 3.27. The molecule has 0 radical (unpaired) electrons. The van der Waals surface area contributed by atoms with Crippen LogP contribution >= 0.6 is 0 Å². The largest absolute Gasteiger partial charge is 0.484 e. The van der Waals surface area contributed by atoms with E-state index < -0.39 is 0 Å². The first-order valence-electron chi connectivity index (χ1n) is 7.94. The van der Waals surface area contributed by atoms with Gasteiger partial charge < -0.3 is 14.8 Å². The Kier molecular flexibility index (Phi) is 4.64. The smallest absolute Gasteiger partial charge is 0.258 e. The summed E-state index contributed by atoms with van der Waals surface area (Å²) in [5.74, 6) is 0.682. The molecule has 1 aromatic rings. The van der Waals surface area contributed by atoms with Gasteiger partial charge in [-0.05, 0) is 38.0 Å². The van der Waals surface area contributed by atoms with Crippen LogP contribution in [0.1, 0.15) is 18.9 Å². The van der Waals surface area contributed by atoms with Crippen LogP contribution < -0.4 is 10.1 Å². The van der Waals surface area contributed by atoms with Gasteiger partial charge in [-0.2, -0.15) is 0 Å². The van der Waals surface area contributed by atoms with E-state index in [0.29, 0.717) is 6.04 Å². The number of nitrogens with zero attached hydrogens (tertiary/aromatic N) is 1. The molecule has 120 valence electrons. The lowest BCUT2D eigenvalue weighted by Crippen LogP contribution is -2.45. The zero-order valence-corrected chi connectivity index (χ0v) is 13.2. The van der Waals surface area contributed by atoms with Crippen LogP contribution in [0, 0.1) is 6.92 Å². The van der Waals surface area contributed by atoms with Crippen LogP contribution in [0.5, 0.6) is 5.75 Å². The molecule has 0 spiro atoms. The normalized spacial score (nSPS) is 28.2. The number of hydrogen-bond acceptors (Lipinski definition) is 4. The molecule has 1 N–H and O–H groups in total. The second kappa shape index (κ2) is 6.67. The molecule has 0 unspecified atom stereocenters. The van der Waals surface area contributed by atoms with Crippen molar-refractivity contribution < 1.29 is 14.3 Å². The fourth-order valence-corrected chi connectivity index (χ4v) is 3.27. The Morgan fingerprint density at radius 3 is 3.14 bits per heavy atom. The highest BCUT2D eigenvalue weighted by atomic mass is 16.5. The number of benzene rings is 1. The molecular weight excluding hydrogens is 280 g/mol. The molecule has 2 heterocycles. The van der Waals surface area contributed by atoms with Crippen molar-refractivity contribution in [2.24, 2.45) is 0 Å². The SMILES string of the molecule is Cc1cccc(OCC(=O)N[C@H]2C[C@H]3CO[C@H](C)CN3C2)c1. The molecule has 1 amide bonds. The van der Waals surface area contributed by atoms with Crippen molar-refractivity contribution in [3.05, 3.63) is 29.8 Å². The van der Waals surface area contributed by atoms with Crippen molar-refractivity contribution in [2.75, 3.05) is 26.3 Å².